The molecule has 1 aliphatic rings. The largest absolute Gasteiger partial charge is 0.393 e. The summed E-state index contributed by atoms with van der Waals surface area (Å²) in [6.07, 6.45) is 0.449. The smallest absolute Gasteiger partial charge is 0.234 e. The van der Waals surface area contributed by atoms with E-state index in [1.165, 1.54) is 12.1 Å². The number of piperidine rings is 1. The Balaban J connectivity index is 1.82. The number of likely N-dealkylation sites (tertiary alicyclic amines) is 1. The molecule has 0 saturated carbocycles. The molecule has 1 saturated heterocycles. The average Bonchev–Trinajstić information content (AvgIpc) is 2.43. The molecule has 1 heterocycles. The van der Waals surface area contributed by atoms with Crippen molar-refractivity contribution in [3.05, 3.63) is 35.6 Å². The standard InChI is InChI=1S/C16H23FN2O2/c1-11-9-19(8-7-15(11)20)10-16(21)18-12(2)13-3-5-14(17)6-4-13/h3-6,11-12,15,20H,7-10H2,1-2H3,(H,18,21). The van der Waals surface area contributed by atoms with Gasteiger partial charge in [-0.1, -0.05) is 19.1 Å². The molecule has 2 N–H and O–H groups in total. The Hall–Kier alpha value is -1.46. The van der Waals surface area contributed by atoms with Crippen LogP contribution in [0.5, 0.6) is 0 Å². The minimum absolute atomic E-state index is 0.0459. The number of nitrogens with one attached hydrogen (secondary N) is 1. The van der Waals surface area contributed by atoms with Gasteiger partial charge in [0.05, 0.1) is 18.7 Å². The lowest BCUT2D eigenvalue weighted by Crippen LogP contribution is -2.46. The summed E-state index contributed by atoms with van der Waals surface area (Å²) in [5, 5.41) is 12.6. The summed E-state index contributed by atoms with van der Waals surface area (Å²) in [7, 11) is 0. The lowest BCUT2D eigenvalue weighted by atomic mass is 9.97. The average molecular weight is 294 g/mol. The third-order valence-corrected chi connectivity index (χ3v) is 4.06. The van der Waals surface area contributed by atoms with Crippen LogP contribution in [0.3, 0.4) is 0 Å². The van der Waals surface area contributed by atoms with Crippen LogP contribution < -0.4 is 5.32 Å². The summed E-state index contributed by atoms with van der Waals surface area (Å²) in [5.41, 5.74) is 0.882. The monoisotopic (exact) mass is 294 g/mol. The Bertz CT molecular complexity index is 478. The van der Waals surface area contributed by atoms with Crippen molar-refractivity contribution in [2.24, 2.45) is 5.92 Å². The van der Waals surface area contributed by atoms with E-state index in [0.717, 1.165) is 18.7 Å². The van der Waals surface area contributed by atoms with Crippen LogP contribution in [-0.2, 0) is 4.79 Å². The van der Waals surface area contributed by atoms with E-state index >= 15 is 0 Å². The fourth-order valence-electron chi connectivity index (χ4n) is 2.69. The molecule has 1 aliphatic heterocycles. The molecule has 116 valence electrons. The zero-order chi connectivity index (χ0) is 15.4. The predicted molar refractivity (Wildman–Crippen MR) is 79.2 cm³/mol. The summed E-state index contributed by atoms with van der Waals surface area (Å²) >= 11 is 0. The first-order chi connectivity index (χ1) is 9.95. The quantitative estimate of drug-likeness (QED) is 0.889. The Labute approximate surface area is 125 Å². The molecule has 1 fully saturated rings. The molecule has 0 radical (unpaired) electrons. The van der Waals surface area contributed by atoms with Gasteiger partial charge in [-0.15, -0.1) is 0 Å². The maximum absolute atomic E-state index is 12.9. The van der Waals surface area contributed by atoms with Crippen molar-refractivity contribution in [2.45, 2.75) is 32.4 Å². The van der Waals surface area contributed by atoms with Crippen LogP contribution in [-0.4, -0.2) is 41.7 Å². The molecule has 3 unspecified atom stereocenters. The zero-order valence-corrected chi connectivity index (χ0v) is 12.6. The topological polar surface area (TPSA) is 52.6 Å². The molecule has 1 aromatic rings. The second-order valence-corrected chi connectivity index (χ2v) is 5.91. The van der Waals surface area contributed by atoms with E-state index in [1.54, 1.807) is 12.1 Å². The molecule has 21 heavy (non-hydrogen) atoms. The molecule has 3 atom stereocenters. The summed E-state index contributed by atoms with van der Waals surface area (Å²) in [6, 6.07) is 6.00. The van der Waals surface area contributed by atoms with Crippen LogP contribution >= 0.6 is 0 Å². The van der Waals surface area contributed by atoms with Crippen LogP contribution in [0.4, 0.5) is 4.39 Å². The Kier molecular flexibility index (Phi) is 5.31. The van der Waals surface area contributed by atoms with Crippen LogP contribution in [0.1, 0.15) is 31.9 Å². The van der Waals surface area contributed by atoms with Crippen LogP contribution in [0, 0.1) is 11.7 Å². The maximum atomic E-state index is 12.9. The summed E-state index contributed by atoms with van der Waals surface area (Å²) in [5.74, 6) is -0.130. The normalized spacial score (nSPS) is 24.6. The van der Waals surface area contributed by atoms with Gasteiger partial charge in [0, 0.05) is 13.1 Å². The van der Waals surface area contributed by atoms with Crippen molar-refractivity contribution in [1.29, 1.82) is 0 Å². The number of aliphatic hydroxyl groups is 1. The number of aliphatic hydroxyl groups excluding tert-OH is 1. The van der Waals surface area contributed by atoms with Gasteiger partial charge in [-0.25, -0.2) is 4.39 Å². The van der Waals surface area contributed by atoms with E-state index in [0.29, 0.717) is 13.0 Å². The molecule has 1 amide bonds. The number of nitrogens with zero attached hydrogens (tertiary/aromatic N) is 1. The number of amides is 1. The fraction of sp³-hybridized carbons (Fsp3) is 0.562. The highest BCUT2D eigenvalue weighted by Crippen LogP contribution is 2.16. The summed E-state index contributed by atoms with van der Waals surface area (Å²) < 4.78 is 12.9. The zero-order valence-electron chi connectivity index (χ0n) is 12.6. The minimum atomic E-state index is -0.280. The molecule has 0 bridgehead atoms. The lowest BCUT2D eigenvalue weighted by Gasteiger charge is -2.34. The minimum Gasteiger partial charge on any atom is -0.393 e. The summed E-state index contributed by atoms with van der Waals surface area (Å²) in [6.45, 7) is 5.69. The van der Waals surface area contributed by atoms with Crippen molar-refractivity contribution in [1.82, 2.24) is 10.2 Å². The van der Waals surface area contributed by atoms with E-state index in [1.807, 2.05) is 13.8 Å². The van der Waals surface area contributed by atoms with Gasteiger partial charge in [0.1, 0.15) is 5.82 Å². The number of benzene rings is 1. The molecule has 0 aliphatic carbocycles. The number of rotatable bonds is 4. The lowest BCUT2D eigenvalue weighted by molar-refractivity contribution is -0.123. The highest BCUT2D eigenvalue weighted by Gasteiger charge is 2.25. The van der Waals surface area contributed by atoms with Gasteiger partial charge < -0.3 is 10.4 Å². The number of hydrogen-bond acceptors (Lipinski definition) is 3. The van der Waals surface area contributed by atoms with Crippen molar-refractivity contribution < 1.29 is 14.3 Å². The fourth-order valence-corrected chi connectivity index (χ4v) is 2.69. The van der Waals surface area contributed by atoms with Gasteiger partial charge in [-0.2, -0.15) is 0 Å². The van der Waals surface area contributed by atoms with Crippen molar-refractivity contribution >= 4 is 5.91 Å². The Morgan fingerprint density at radius 2 is 2.14 bits per heavy atom. The van der Waals surface area contributed by atoms with Crippen LogP contribution in [0.25, 0.3) is 0 Å². The first-order valence-corrected chi connectivity index (χ1v) is 7.41. The molecular weight excluding hydrogens is 271 g/mol. The molecule has 5 heteroatoms. The van der Waals surface area contributed by atoms with Gasteiger partial charge in [0.25, 0.3) is 0 Å². The third-order valence-electron chi connectivity index (χ3n) is 4.06. The number of carbonyl (C=O) groups excluding carboxylic acids is 1. The molecule has 1 aromatic carbocycles. The molecule has 0 aromatic heterocycles. The van der Waals surface area contributed by atoms with Gasteiger partial charge >= 0.3 is 0 Å². The van der Waals surface area contributed by atoms with E-state index in [-0.39, 0.29) is 29.8 Å². The van der Waals surface area contributed by atoms with Crippen LogP contribution in [0.15, 0.2) is 24.3 Å². The SMILES string of the molecule is CC(NC(=O)CN1CCC(O)C(C)C1)c1ccc(F)cc1. The van der Waals surface area contributed by atoms with Crippen LogP contribution in [0.2, 0.25) is 0 Å². The Morgan fingerprint density at radius 3 is 2.76 bits per heavy atom. The van der Waals surface area contributed by atoms with Gasteiger partial charge in [0.2, 0.25) is 5.91 Å². The van der Waals surface area contributed by atoms with Gasteiger partial charge in [-0.05, 0) is 37.0 Å². The molecule has 0 spiro atoms. The van der Waals surface area contributed by atoms with Crippen molar-refractivity contribution in [2.75, 3.05) is 19.6 Å². The number of carbonyl (C=O) groups is 1. The maximum Gasteiger partial charge on any atom is 0.234 e. The number of hydrogen-bond donors (Lipinski definition) is 2. The van der Waals surface area contributed by atoms with Crippen molar-refractivity contribution in [3.63, 3.8) is 0 Å². The van der Waals surface area contributed by atoms with Crippen molar-refractivity contribution in [3.8, 4) is 0 Å². The van der Waals surface area contributed by atoms with Gasteiger partial charge in [-0.3, -0.25) is 9.69 Å². The second kappa shape index (κ2) is 7.00. The first kappa shape index (κ1) is 15.9. The van der Waals surface area contributed by atoms with E-state index in [2.05, 4.69) is 10.2 Å². The highest BCUT2D eigenvalue weighted by atomic mass is 19.1. The number of halogens is 1. The van der Waals surface area contributed by atoms with Gasteiger partial charge in [0.15, 0.2) is 0 Å². The third kappa shape index (κ3) is 4.51. The van der Waals surface area contributed by atoms with E-state index in [9.17, 15) is 14.3 Å². The molecule has 4 nitrogen and oxygen atoms in total. The van der Waals surface area contributed by atoms with E-state index in [4.69, 9.17) is 0 Å². The van der Waals surface area contributed by atoms with E-state index < -0.39 is 0 Å². The first-order valence-electron chi connectivity index (χ1n) is 7.41. The second-order valence-electron chi connectivity index (χ2n) is 5.91. The predicted octanol–water partition coefficient (Wildman–Crippen LogP) is 1.71. The molecular formula is C16H23FN2O2. The highest BCUT2D eigenvalue weighted by molar-refractivity contribution is 5.78. The Morgan fingerprint density at radius 1 is 1.48 bits per heavy atom. The summed E-state index contributed by atoms with van der Waals surface area (Å²) in [4.78, 5) is 14.1. The molecule has 2 rings (SSSR count).